The Morgan fingerprint density at radius 2 is 2.00 bits per heavy atom. The normalized spacial score (nSPS) is 11.2. The van der Waals surface area contributed by atoms with Crippen molar-refractivity contribution in [2.45, 2.75) is 33.2 Å². The summed E-state index contributed by atoms with van der Waals surface area (Å²) in [5.41, 5.74) is 2.01. The highest BCUT2D eigenvalue weighted by Gasteiger charge is 2.06. The fourth-order valence-corrected chi connectivity index (χ4v) is 2.71. The molecule has 0 aliphatic carbocycles. The molecule has 0 radical (unpaired) electrons. The highest BCUT2D eigenvalue weighted by Crippen LogP contribution is 2.21. The summed E-state index contributed by atoms with van der Waals surface area (Å²) in [5.74, 6) is 2.21. The summed E-state index contributed by atoms with van der Waals surface area (Å²) in [6.45, 7) is 5.11. The second kappa shape index (κ2) is 10.9. The average Bonchev–Trinajstić information content (AvgIpc) is 2.86. The zero-order valence-corrected chi connectivity index (χ0v) is 18.4. The Kier molecular flexibility index (Phi) is 9.60. The molecule has 0 saturated carbocycles. The van der Waals surface area contributed by atoms with Crippen LogP contribution in [0.3, 0.4) is 0 Å². The lowest BCUT2D eigenvalue weighted by molar-refractivity contribution is 0.463. The Morgan fingerprint density at radius 1 is 1.24 bits per heavy atom. The van der Waals surface area contributed by atoms with Crippen LogP contribution < -0.4 is 10.6 Å². The van der Waals surface area contributed by atoms with Gasteiger partial charge in [0.1, 0.15) is 5.76 Å². The standard InChI is InChI=1S/C17H22Cl2N4O.HI/c1-11-12(2)24-16(23-11)10-22-17(20-3)21-8-4-5-13-6-7-14(18)9-15(13)19;/h6-7,9H,4-5,8,10H2,1-3H3,(H2,20,21,22);1H. The highest BCUT2D eigenvalue weighted by atomic mass is 127. The number of aryl methyl sites for hydroxylation is 3. The summed E-state index contributed by atoms with van der Waals surface area (Å²) < 4.78 is 5.53. The summed E-state index contributed by atoms with van der Waals surface area (Å²) in [5, 5.41) is 7.81. The molecular weight excluding hydrogens is 474 g/mol. The number of nitrogens with zero attached hydrogens (tertiary/aromatic N) is 2. The first kappa shape index (κ1) is 22.1. The van der Waals surface area contributed by atoms with Gasteiger partial charge in [-0.25, -0.2) is 4.98 Å². The smallest absolute Gasteiger partial charge is 0.214 e. The topological polar surface area (TPSA) is 62.5 Å². The number of aromatic nitrogens is 1. The number of benzene rings is 1. The molecule has 0 aliphatic rings. The Hall–Kier alpha value is -0.990. The van der Waals surface area contributed by atoms with E-state index in [0.29, 0.717) is 28.4 Å². The van der Waals surface area contributed by atoms with Crippen molar-refractivity contribution in [3.63, 3.8) is 0 Å². The zero-order chi connectivity index (χ0) is 17.5. The quantitative estimate of drug-likeness (QED) is 0.267. The first-order valence-electron chi connectivity index (χ1n) is 7.81. The Bertz CT molecular complexity index is 699. The molecule has 0 unspecified atom stereocenters. The minimum atomic E-state index is 0. The summed E-state index contributed by atoms with van der Waals surface area (Å²) >= 11 is 12.1. The fraction of sp³-hybridized carbons (Fsp3) is 0.412. The van der Waals surface area contributed by atoms with Crippen LogP contribution in [0.1, 0.15) is 29.3 Å². The molecule has 0 saturated heterocycles. The van der Waals surface area contributed by atoms with E-state index < -0.39 is 0 Å². The molecule has 0 atom stereocenters. The van der Waals surface area contributed by atoms with E-state index in [2.05, 4.69) is 20.6 Å². The maximum Gasteiger partial charge on any atom is 0.214 e. The van der Waals surface area contributed by atoms with Crippen LogP contribution in [-0.2, 0) is 13.0 Å². The number of aliphatic imine (C=N–C) groups is 1. The van der Waals surface area contributed by atoms with Crippen LogP contribution in [0.2, 0.25) is 10.0 Å². The van der Waals surface area contributed by atoms with E-state index in [4.69, 9.17) is 27.6 Å². The molecule has 138 valence electrons. The third-order valence-corrected chi connectivity index (χ3v) is 4.22. The van der Waals surface area contributed by atoms with E-state index in [1.54, 1.807) is 13.1 Å². The predicted octanol–water partition coefficient (Wildman–Crippen LogP) is 4.51. The number of halogens is 3. The van der Waals surface area contributed by atoms with Gasteiger partial charge in [0, 0.05) is 23.6 Å². The van der Waals surface area contributed by atoms with Crippen LogP contribution in [0.5, 0.6) is 0 Å². The van der Waals surface area contributed by atoms with Crippen molar-refractivity contribution in [1.82, 2.24) is 15.6 Å². The van der Waals surface area contributed by atoms with Gasteiger partial charge in [0.25, 0.3) is 0 Å². The number of nitrogens with one attached hydrogen (secondary N) is 2. The molecular formula is C17H23Cl2IN4O. The van der Waals surface area contributed by atoms with Crippen molar-refractivity contribution in [3.8, 4) is 0 Å². The second-order valence-corrected chi connectivity index (χ2v) is 6.28. The fourth-order valence-electron chi connectivity index (χ4n) is 2.20. The minimum Gasteiger partial charge on any atom is -0.444 e. The van der Waals surface area contributed by atoms with Gasteiger partial charge in [0.05, 0.1) is 12.2 Å². The van der Waals surface area contributed by atoms with Crippen molar-refractivity contribution >= 4 is 53.1 Å². The molecule has 25 heavy (non-hydrogen) atoms. The largest absolute Gasteiger partial charge is 0.444 e. The number of oxazole rings is 1. The maximum absolute atomic E-state index is 6.17. The van der Waals surface area contributed by atoms with Gasteiger partial charge in [-0.2, -0.15) is 0 Å². The molecule has 0 bridgehead atoms. The van der Waals surface area contributed by atoms with Crippen LogP contribution >= 0.6 is 47.2 Å². The second-order valence-electron chi connectivity index (χ2n) is 5.44. The summed E-state index contributed by atoms with van der Waals surface area (Å²) in [6, 6.07) is 5.59. The van der Waals surface area contributed by atoms with Crippen LogP contribution in [0.15, 0.2) is 27.6 Å². The lowest BCUT2D eigenvalue weighted by Crippen LogP contribution is -2.37. The Balaban J connectivity index is 0.00000312. The first-order valence-corrected chi connectivity index (χ1v) is 8.56. The predicted molar refractivity (Wildman–Crippen MR) is 114 cm³/mol. The van der Waals surface area contributed by atoms with Crippen molar-refractivity contribution in [1.29, 1.82) is 0 Å². The van der Waals surface area contributed by atoms with E-state index >= 15 is 0 Å². The zero-order valence-electron chi connectivity index (χ0n) is 14.5. The molecule has 0 aliphatic heterocycles. The van der Waals surface area contributed by atoms with Crippen molar-refractivity contribution in [2.75, 3.05) is 13.6 Å². The molecule has 0 spiro atoms. The maximum atomic E-state index is 6.17. The molecule has 2 aromatic rings. The van der Waals surface area contributed by atoms with Gasteiger partial charge < -0.3 is 15.1 Å². The Labute approximate surface area is 175 Å². The summed E-state index contributed by atoms with van der Waals surface area (Å²) in [7, 11) is 1.73. The third kappa shape index (κ3) is 7.03. The molecule has 0 fully saturated rings. The SMILES string of the molecule is CN=C(NCCCc1ccc(Cl)cc1Cl)NCc1nc(C)c(C)o1.I. The van der Waals surface area contributed by atoms with Gasteiger partial charge in [-0.3, -0.25) is 4.99 Å². The molecule has 8 heteroatoms. The van der Waals surface area contributed by atoms with E-state index in [-0.39, 0.29) is 24.0 Å². The van der Waals surface area contributed by atoms with Gasteiger partial charge in [-0.05, 0) is 44.4 Å². The molecule has 1 aromatic heterocycles. The number of rotatable bonds is 6. The molecule has 1 aromatic carbocycles. The monoisotopic (exact) mass is 496 g/mol. The van der Waals surface area contributed by atoms with Gasteiger partial charge in [-0.1, -0.05) is 29.3 Å². The lowest BCUT2D eigenvalue weighted by Gasteiger charge is -2.11. The number of guanidine groups is 1. The highest BCUT2D eigenvalue weighted by molar-refractivity contribution is 14.0. The van der Waals surface area contributed by atoms with Crippen molar-refractivity contribution in [2.24, 2.45) is 4.99 Å². The molecule has 2 N–H and O–H groups in total. The van der Waals surface area contributed by atoms with Gasteiger partial charge >= 0.3 is 0 Å². The van der Waals surface area contributed by atoms with Gasteiger partial charge in [0.15, 0.2) is 5.96 Å². The lowest BCUT2D eigenvalue weighted by atomic mass is 10.1. The molecule has 0 amide bonds. The minimum absolute atomic E-state index is 0. The Morgan fingerprint density at radius 3 is 2.60 bits per heavy atom. The number of hydrogen-bond donors (Lipinski definition) is 2. The van der Waals surface area contributed by atoms with E-state index in [0.717, 1.165) is 36.4 Å². The molecule has 5 nitrogen and oxygen atoms in total. The van der Waals surface area contributed by atoms with E-state index in [1.807, 2.05) is 26.0 Å². The van der Waals surface area contributed by atoms with Crippen LogP contribution in [0.25, 0.3) is 0 Å². The molecule has 2 rings (SSSR count). The van der Waals surface area contributed by atoms with Gasteiger partial charge in [0.2, 0.25) is 5.89 Å². The summed E-state index contributed by atoms with van der Waals surface area (Å²) in [6.07, 6.45) is 1.80. The summed E-state index contributed by atoms with van der Waals surface area (Å²) in [4.78, 5) is 8.52. The molecule has 1 heterocycles. The van der Waals surface area contributed by atoms with Gasteiger partial charge in [-0.15, -0.1) is 24.0 Å². The first-order chi connectivity index (χ1) is 11.5. The third-order valence-electron chi connectivity index (χ3n) is 3.63. The average molecular weight is 497 g/mol. The van der Waals surface area contributed by atoms with Crippen molar-refractivity contribution < 1.29 is 4.42 Å². The van der Waals surface area contributed by atoms with E-state index in [9.17, 15) is 0 Å². The van der Waals surface area contributed by atoms with Crippen LogP contribution in [-0.4, -0.2) is 24.5 Å². The number of hydrogen-bond acceptors (Lipinski definition) is 3. The van der Waals surface area contributed by atoms with Crippen molar-refractivity contribution in [3.05, 3.63) is 51.2 Å². The van der Waals surface area contributed by atoms with Crippen LogP contribution in [0, 0.1) is 13.8 Å². The van der Waals surface area contributed by atoms with E-state index in [1.165, 1.54) is 0 Å². The van der Waals surface area contributed by atoms with Crippen LogP contribution in [0.4, 0.5) is 0 Å².